The smallest absolute Gasteiger partial charge is 0.241 e. The number of hydrogen-bond acceptors (Lipinski definition) is 3. The van der Waals surface area contributed by atoms with E-state index in [1.54, 1.807) is 6.92 Å². The zero-order valence-electron chi connectivity index (χ0n) is 12.2. The van der Waals surface area contributed by atoms with Crippen LogP contribution in [0.15, 0.2) is 23.1 Å². The van der Waals surface area contributed by atoms with Crippen molar-refractivity contribution in [3.8, 4) is 0 Å². The second-order valence-corrected chi connectivity index (χ2v) is 7.13. The van der Waals surface area contributed by atoms with E-state index in [4.69, 9.17) is 5.73 Å². The Morgan fingerprint density at radius 3 is 2.45 bits per heavy atom. The lowest BCUT2D eigenvalue weighted by molar-refractivity contribution is 0.485. The van der Waals surface area contributed by atoms with E-state index in [0.717, 1.165) is 18.9 Å². The van der Waals surface area contributed by atoms with E-state index in [1.807, 2.05) is 0 Å². The van der Waals surface area contributed by atoms with Gasteiger partial charge in [0.15, 0.2) is 0 Å². The standard InChI is InChI=1S/C14H23FN2O2S/c1-10(2)4-5-11(3)17-20(18,19)14-8-13(15)7-6-12(14)9-16/h6-8,10-11,17H,4-5,9,16H2,1-3H3. The van der Waals surface area contributed by atoms with Crippen LogP contribution in [0, 0.1) is 11.7 Å². The summed E-state index contributed by atoms with van der Waals surface area (Å²) in [6.45, 7) is 6.03. The van der Waals surface area contributed by atoms with Gasteiger partial charge in [-0.3, -0.25) is 0 Å². The van der Waals surface area contributed by atoms with Gasteiger partial charge >= 0.3 is 0 Å². The maximum absolute atomic E-state index is 13.3. The second-order valence-electron chi connectivity index (χ2n) is 5.45. The highest BCUT2D eigenvalue weighted by atomic mass is 32.2. The van der Waals surface area contributed by atoms with Crippen molar-refractivity contribution in [2.45, 2.75) is 51.1 Å². The fraction of sp³-hybridized carbons (Fsp3) is 0.571. The Balaban J connectivity index is 2.91. The lowest BCUT2D eigenvalue weighted by Gasteiger charge is -2.17. The molecule has 0 bridgehead atoms. The van der Waals surface area contributed by atoms with Gasteiger partial charge in [0.1, 0.15) is 5.82 Å². The maximum Gasteiger partial charge on any atom is 0.241 e. The molecular formula is C14H23FN2O2S. The van der Waals surface area contributed by atoms with Crippen LogP contribution in [0.4, 0.5) is 4.39 Å². The van der Waals surface area contributed by atoms with E-state index in [1.165, 1.54) is 12.1 Å². The summed E-state index contributed by atoms with van der Waals surface area (Å²) in [6.07, 6.45) is 1.67. The number of hydrogen-bond donors (Lipinski definition) is 2. The maximum atomic E-state index is 13.3. The molecule has 0 aliphatic carbocycles. The predicted octanol–water partition coefficient (Wildman–Crippen LogP) is 2.39. The minimum Gasteiger partial charge on any atom is -0.326 e. The van der Waals surface area contributed by atoms with Crippen LogP contribution in [0.3, 0.4) is 0 Å². The van der Waals surface area contributed by atoms with Crippen molar-refractivity contribution in [3.05, 3.63) is 29.6 Å². The summed E-state index contributed by atoms with van der Waals surface area (Å²) in [5, 5.41) is 0. The normalized spacial score (nSPS) is 13.7. The molecule has 0 radical (unpaired) electrons. The van der Waals surface area contributed by atoms with Crippen LogP contribution in [0.1, 0.15) is 39.2 Å². The molecule has 6 heteroatoms. The zero-order chi connectivity index (χ0) is 15.3. The molecule has 0 saturated heterocycles. The SMILES string of the molecule is CC(C)CCC(C)NS(=O)(=O)c1cc(F)ccc1CN. The molecule has 0 aliphatic heterocycles. The minimum atomic E-state index is -3.74. The van der Waals surface area contributed by atoms with Crippen LogP contribution in [0.5, 0.6) is 0 Å². The fourth-order valence-corrected chi connectivity index (χ4v) is 3.46. The molecule has 3 N–H and O–H groups in total. The van der Waals surface area contributed by atoms with Crippen LogP contribution in [-0.4, -0.2) is 14.5 Å². The largest absolute Gasteiger partial charge is 0.326 e. The van der Waals surface area contributed by atoms with Crippen molar-refractivity contribution in [2.24, 2.45) is 11.7 Å². The molecule has 0 fully saturated rings. The van der Waals surface area contributed by atoms with Gasteiger partial charge in [-0.1, -0.05) is 19.9 Å². The molecule has 1 aromatic rings. The minimum absolute atomic E-state index is 0.0525. The number of nitrogens with two attached hydrogens (primary N) is 1. The first-order valence-electron chi connectivity index (χ1n) is 6.77. The number of benzene rings is 1. The highest BCUT2D eigenvalue weighted by Crippen LogP contribution is 2.18. The molecule has 1 aromatic carbocycles. The molecule has 0 heterocycles. The van der Waals surface area contributed by atoms with Gasteiger partial charge in [-0.25, -0.2) is 17.5 Å². The van der Waals surface area contributed by atoms with Crippen molar-refractivity contribution in [2.75, 3.05) is 0 Å². The number of rotatable bonds is 7. The zero-order valence-corrected chi connectivity index (χ0v) is 13.0. The molecule has 0 amide bonds. The Morgan fingerprint density at radius 1 is 1.25 bits per heavy atom. The van der Waals surface area contributed by atoms with Crippen LogP contribution >= 0.6 is 0 Å². The summed E-state index contributed by atoms with van der Waals surface area (Å²) >= 11 is 0. The summed E-state index contributed by atoms with van der Waals surface area (Å²) in [5.74, 6) is -0.0758. The Hall–Kier alpha value is -0.980. The first-order chi connectivity index (χ1) is 9.26. The lowest BCUT2D eigenvalue weighted by atomic mass is 10.1. The average Bonchev–Trinajstić information content (AvgIpc) is 2.36. The van der Waals surface area contributed by atoms with Crippen LogP contribution in [-0.2, 0) is 16.6 Å². The Morgan fingerprint density at radius 2 is 1.90 bits per heavy atom. The van der Waals surface area contributed by atoms with Gasteiger partial charge in [0, 0.05) is 12.6 Å². The molecule has 1 atom stereocenters. The van der Waals surface area contributed by atoms with Crippen molar-refractivity contribution in [1.82, 2.24) is 4.72 Å². The van der Waals surface area contributed by atoms with Gasteiger partial charge in [-0.15, -0.1) is 0 Å². The van der Waals surface area contributed by atoms with Gasteiger partial charge < -0.3 is 5.73 Å². The number of nitrogens with one attached hydrogen (secondary N) is 1. The predicted molar refractivity (Wildman–Crippen MR) is 78.1 cm³/mol. The van der Waals surface area contributed by atoms with Gasteiger partial charge in [-0.05, 0) is 43.4 Å². The quantitative estimate of drug-likeness (QED) is 0.812. The van der Waals surface area contributed by atoms with Gasteiger partial charge in [-0.2, -0.15) is 0 Å². The second kappa shape index (κ2) is 7.15. The van der Waals surface area contributed by atoms with E-state index < -0.39 is 15.8 Å². The third-order valence-electron chi connectivity index (χ3n) is 3.07. The topological polar surface area (TPSA) is 72.2 Å². The van der Waals surface area contributed by atoms with Crippen LogP contribution < -0.4 is 10.5 Å². The summed E-state index contributed by atoms with van der Waals surface area (Å²) in [5.41, 5.74) is 5.92. The molecule has 0 aliphatic rings. The number of sulfonamides is 1. The van der Waals surface area contributed by atoms with E-state index in [9.17, 15) is 12.8 Å². The first-order valence-corrected chi connectivity index (χ1v) is 8.25. The van der Waals surface area contributed by atoms with E-state index >= 15 is 0 Å². The van der Waals surface area contributed by atoms with Gasteiger partial charge in [0.2, 0.25) is 10.0 Å². The highest BCUT2D eigenvalue weighted by molar-refractivity contribution is 7.89. The molecule has 0 spiro atoms. The summed E-state index contributed by atoms with van der Waals surface area (Å²) < 4.78 is 40.4. The first kappa shape index (κ1) is 17.1. The van der Waals surface area contributed by atoms with Crippen LogP contribution in [0.25, 0.3) is 0 Å². The summed E-state index contributed by atoms with van der Waals surface area (Å²) in [6, 6.07) is 3.43. The molecule has 1 rings (SSSR count). The number of halogens is 1. The summed E-state index contributed by atoms with van der Waals surface area (Å²) in [7, 11) is -3.74. The van der Waals surface area contributed by atoms with E-state index in [2.05, 4.69) is 18.6 Å². The Labute approximate surface area is 120 Å². The molecule has 0 saturated carbocycles. The molecule has 114 valence electrons. The van der Waals surface area contributed by atoms with Crippen molar-refractivity contribution < 1.29 is 12.8 Å². The molecule has 1 unspecified atom stereocenters. The van der Waals surface area contributed by atoms with Crippen molar-refractivity contribution >= 4 is 10.0 Å². The average molecular weight is 302 g/mol. The van der Waals surface area contributed by atoms with Gasteiger partial charge in [0.25, 0.3) is 0 Å². The lowest BCUT2D eigenvalue weighted by Crippen LogP contribution is -2.33. The third-order valence-corrected chi connectivity index (χ3v) is 4.74. The monoisotopic (exact) mass is 302 g/mol. The molecule has 4 nitrogen and oxygen atoms in total. The van der Waals surface area contributed by atoms with Crippen molar-refractivity contribution in [3.63, 3.8) is 0 Å². The van der Waals surface area contributed by atoms with Crippen molar-refractivity contribution in [1.29, 1.82) is 0 Å². The molecule has 0 aromatic heterocycles. The third kappa shape index (κ3) is 4.85. The highest BCUT2D eigenvalue weighted by Gasteiger charge is 2.21. The van der Waals surface area contributed by atoms with E-state index in [0.29, 0.717) is 11.5 Å². The van der Waals surface area contributed by atoms with Crippen LogP contribution in [0.2, 0.25) is 0 Å². The molecular weight excluding hydrogens is 279 g/mol. The van der Waals surface area contributed by atoms with E-state index in [-0.39, 0.29) is 17.5 Å². The molecule has 20 heavy (non-hydrogen) atoms. The fourth-order valence-electron chi connectivity index (χ4n) is 1.92. The van der Waals surface area contributed by atoms with Gasteiger partial charge in [0.05, 0.1) is 4.90 Å². The summed E-state index contributed by atoms with van der Waals surface area (Å²) in [4.78, 5) is -0.0728. The Bertz CT molecular complexity index is 544. The Kier molecular flexibility index (Phi) is 6.10.